The summed E-state index contributed by atoms with van der Waals surface area (Å²) < 4.78 is 10.9. The molecule has 0 radical (unpaired) electrons. The molecule has 1 aliphatic heterocycles. The number of carbonyl (C=O) groups is 2. The lowest BCUT2D eigenvalue weighted by atomic mass is 10.0. The Bertz CT molecular complexity index is 704. The molecule has 0 N–H and O–H groups in total. The monoisotopic (exact) mass is 451 g/mol. The quantitative estimate of drug-likeness (QED) is 0.307. The molecule has 2 rings (SSSR count). The SMILES string of the molecule is CC1CCC(=NOC(=O)COc2ccc(Cl)cc2)CCCCCCCCCCC(=O)O1. The molecule has 0 amide bonds. The molecule has 1 unspecified atom stereocenters. The minimum Gasteiger partial charge on any atom is -0.482 e. The van der Waals surface area contributed by atoms with E-state index in [1.54, 1.807) is 24.3 Å². The van der Waals surface area contributed by atoms with Crippen LogP contribution in [0, 0.1) is 0 Å². The van der Waals surface area contributed by atoms with Crippen molar-refractivity contribution in [1.29, 1.82) is 0 Å². The van der Waals surface area contributed by atoms with Crippen LogP contribution < -0.4 is 4.74 Å². The molecule has 1 fully saturated rings. The van der Waals surface area contributed by atoms with Gasteiger partial charge in [0.05, 0.1) is 11.8 Å². The maximum atomic E-state index is 12.0. The fraction of sp³-hybridized carbons (Fsp3) is 0.625. The second-order valence-electron chi connectivity index (χ2n) is 8.03. The lowest BCUT2D eigenvalue weighted by molar-refractivity contribution is -0.148. The molecule has 1 heterocycles. The van der Waals surface area contributed by atoms with Crippen LogP contribution in [0.4, 0.5) is 0 Å². The molecule has 1 saturated heterocycles. The molecule has 0 aromatic heterocycles. The first-order chi connectivity index (χ1) is 15.0. The smallest absolute Gasteiger partial charge is 0.372 e. The zero-order valence-electron chi connectivity index (χ0n) is 18.4. The normalized spacial score (nSPS) is 21.3. The van der Waals surface area contributed by atoms with E-state index in [0.717, 1.165) is 37.8 Å². The van der Waals surface area contributed by atoms with Gasteiger partial charge in [0.15, 0.2) is 6.61 Å². The Labute approximate surface area is 190 Å². The lowest BCUT2D eigenvalue weighted by Gasteiger charge is -2.14. The summed E-state index contributed by atoms with van der Waals surface area (Å²) in [4.78, 5) is 29.0. The molecule has 1 aromatic carbocycles. The summed E-state index contributed by atoms with van der Waals surface area (Å²) in [6.07, 6.45) is 11.3. The number of rotatable bonds is 4. The molecule has 0 saturated carbocycles. The summed E-state index contributed by atoms with van der Waals surface area (Å²) >= 11 is 5.83. The van der Waals surface area contributed by atoms with Gasteiger partial charge in [0.2, 0.25) is 0 Å². The first kappa shape index (κ1) is 25.2. The Hall–Kier alpha value is -2.08. The van der Waals surface area contributed by atoms with Gasteiger partial charge in [-0.2, -0.15) is 0 Å². The van der Waals surface area contributed by atoms with Crippen LogP contribution in [0.5, 0.6) is 5.75 Å². The summed E-state index contributed by atoms with van der Waals surface area (Å²) in [5.74, 6) is -0.160. The van der Waals surface area contributed by atoms with Crippen LogP contribution >= 0.6 is 11.6 Å². The van der Waals surface area contributed by atoms with E-state index in [1.165, 1.54) is 25.7 Å². The van der Waals surface area contributed by atoms with E-state index < -0.39 is 5.97 Å². The van der Waals surface area contributed by atoms with Gasteiger partial charge in [0, 0.05) is 11.4 Å². The minimum absolute atomic E-state index is 0.135. The van der Waals surface area contributed by atoms with E-state index in [-0.39, 0.29) is 18.7 Å². The zero-order valence-corrected chi connectivity index (χ0v) is 19.2. The minimum atomic E-state index is -0.561. The standard InChI is InChI=1S/C24H34ClNO5/c1-19-12-15-21(10-8-6-4-2-3-5-7-9-11-23(27)30-19)26-31-24(28)18-29-22-16-13-20(25)14-17-22/h13-14,16-17,19H,2-12,15,18H2,1H3. The summed E-state index contributed by atoms with van der Waals surface area (Å²) in [7, 11) is 0. The Morgan fingerprint density at radius 3 is 2.29 bits per heavy atom. The van der Waals surface area contributed by atoms with Gasteiger partial charge in [-0.05, 0) is 63.3 Å². The highest BCUT2D eigenvalue weighted by Crippen LogP contribution is 2.16. The Kier molecular flexibility index (Phi) is 12.1. The van der Waals surface area contributed by atoms with E-state index in [0.29, 0.717) is 30.0 Å². The van der Waals surface area contributed by atoms with Crippen molar-refractivity contribution in [2.24, 2.45) is 5.16 Å². The average molecular weight is 452 g/mol. The fourth-order valence-corrected chi connectivity index (χ4v) is 3.53. The third-order valence-corrected chi connectivity index (χ3v) is 5.47. The Morgan fingerprint density at radius 1 is 1.00 bits per heavy atom. The molecule has 172 valence electrons. The molecule has 0 spiro atoms. The summed E-state index contributed by atoms with van der Waals surface area (Å²) in [5, 5.41) is 4.69. The van der Waals surface area contributed by atoms with E-state index in [1.807, 2.05) is 6.92 Å². The van der Waals surface area contributed by atoms with Crippen molar-refractivity contribution in [3.05, 3.63) is 29.3 Å². The highest BCUT2D eigenvalue weighted by Gasteiger charge is 2.13. The second kappa shape index (κ2) is 14.8. The van der Waals surface area contributed by atoms with Crippen LogP contribution in [0.3, 0.4) is 0 Å². The van der Waals surface area contributed by atoms with Crippen LogP contribution in [0.2, 0.25) is 5.02 Å². The number of halogens is 1. The number of benzene rings is 1. The van der Waals surface area contributed by atoms with Crippen LogP contribution in [0.25, 0.3) is 0 Å². The van der Waals surface area contributed by atoms with Gasteiger partial charge in [0.1, 0.15) is 5.75 Å². The van der Waals surface area contributed by atoms with E-state index in [4.69, 9.17) is 25.9 Å². The maximum absolute atomic E-state index is 12.0. The van der Waals surface area contributed by atoms with Crippen LogP contribution in [0.1, 0.15) is 84.0 Å². The predicted octanol–water partition coefficient (Wildman–Crippen LogP) is 6.24. The predicted molar refractivity (Wildman–Crippen MR) is 121 cm³/mol. The molecular formula is C24H34ClNO5. The fourth-order valence-electron chi connectivity index (χ4n) is 3.40. The number of oxime groups is 1. The molecular weight excluding hydrogens is 418 g/mol. The van der Waals surface area contributed by atoms with Crippen LogP contribution in [-0.4, -0.2) is 30.4 Å². The van der Waals surface area contributed by atoms with Crippen molar-refractivity contribution in [3.8, 4) is 5.75 Å². The number of esters is 1. The van der Waals surface area contributed by atoms with Gasteiger partial charge in [-0.3, -0.25) is 4.79 Å². The molecule has 7 heteroatoms. The number of cyclic esters (lactones) is 1. The molecule has 1 atom stereocenters. The maximum Gasteiger partial charge on any atom is 0.372 e. The summed E-state index contributed by atoms with van der Waals surface area (Å²) in [6, 6.07) is 6.75. The van der Waals surface area contributed by atoms with Gasteiger partial charge in [-0.15, -0.1) is 0 Å². The Morgan fingerprint density at radius 2 is 1.61 bits per heavy atom. The topological polar surface area (TPSA) is 74.2 Å². The van der Waals surface area contributed by atoms with Crippen molar-refractivity contribution >= 4 is 29.3 Å². The highest BCUT2D eigenvalue weighted by atomic mass is 35.5. The largest absolute Gasteiger partial charge is 0.482 e. The molecule has 0 aliphatic carbocycles. The Balaban J connectivity index is 1.84. The number of hydrogen-bond acceptors (Lipinski definition) is 6. The molecule has 1 aromatic rings. The van der Waals surface area contributed by atoms with E-state index in [2.05, 4.69) is 5.16 Å². The number of nitrogens with zero attached hydrogens (tertiary/aromatic N) is 1. The number of hydrogen-bond donors (Lipinski definition) is 0. The van der Waals surface area contributed by atoms with E-state index >= 15 is 0 Å². The van der Waals surface area contributed by atoms with Crippen molar-refractivity contribution in [3.63, 3.8) is 0 Å². The summed E-state index contributed by atoms with van der Waals surface area (Å²) in [5.41, 5.74) is 0.815. The van der Waals surface area contributed by atoms with Crippen molar-refractivity contribution in [1.82, 2.24) is 0 Å². The van der Waals surface area contributed by atoms with E-state index in [9.17, 15) is 9.59 Å². The first-order valence-electron chi connectivity index (χ1n) is 11.4. The van der Waals surface area contributed by atoms with Crippen LogP contribution in [-0.2, 0) is 19.2 Å². The van der Waals surface area contributed by atoms with Crippen molar-refractivity contribution in [2.45, 2.75) is 90.1 Å². The number of ether oxygens (including phenoxy) is 2. The van der Waals surface area contributed by atoms with Gasteiger partial charge >= 0.3 is 11.9 Å². The molecule has 1 aliphatic rings. The highest BCUT2D eigenvalue weighted by molar-refractivity contribution is 6.30. The van der Waals surface area contributed by atoms with Crippen molar-refractivity contribution in [2.75, 3.05) is 6.61 Å². The number of carbonyl (C=O) groups excluding carboxylic acids is 2. The van der Waals surface area contributed by atoms with Crippen LogP contribution in [0.15, 0.2) is 29.4 Å². The first-order valence-corrected chi connectivity index (χ1v) is 11.7. The summed E-state index contributed by atoms with van der Waals surface area (Å²) in [6.45, 7) is 1.66. The zero-order chi connectivity index (χ0) is 22.3. The van der Waals surface area contributed by atoms with Crippen molar-refractivity contribution < 1.29 is 23.9 Å². The van der Waals surface area contributed by atoms with Gasteiger partial charge in [-0.1, -0.05) is 55.3 Å². The average Bonchev–Trinajstić information content (AvgIpc) is 2.75. The van der Waals surface area contributed by atoms with Gasteiger partial charge < -0.3 is 14.3 Å². The second-order valence-corrected chi connectivity index (χ2v) is 8.47. The lowest BCUT2D eigenvalue weighted by Crippen LogP contribution is -2.17. The molecule has 0 bridgehead atoms. The third kappa shape index (κ3) is 11.8. The third-order valence-electron chi connectivity index (χ3n) is 5.22. The van der Waals surface area contributed by atoms with Gasteiger partial charge in [-0.25, -0.2) is 4.79 Å². The molecule has 6 nitrogen and oxygen atoms in total. The molecule has 31 heavy (non-hydrogen) atoms. The van der Waals surface area contributed by atoms with Gasteiger partial charge in [0.25, 0.3) is 0 Å².